The van der Waals surface area contributed by atoms with Crippen molar-refractivity contribution >= 4 is 40.6 Å². The van der Waals surface area contributed by atoms with E-state index in [0.717, 1.165) is 23.1 Å². The van der Waals surface area contributed by atoms with Gasteiger partial charge < -0.3 is 9.47 Å². The third-order valence-corrected chi connectivity index (χ3v) is 4.83. The van der Waals surface area contributed by atoms with E-state index in [1.807, 2.05) is 20.8 Å². The van der Waals surface area contributed by atoms with Crippen LogP contribution >= 0.6 is 23.4 Å². The van der Waals surface area contributed by atoms with Gasteiger partial charge in [-0.25, -0.2) is 0 Å². The minimum absolute atomic E-state index is 0.0159. The molecular weight excluding hydrogens is 374 g/mol. The molecule has 1 aliphatic rings. The fourth-order valence-electron chi connectivity index (χ4n) is 2.21. The van der Waals surface area contributed by atoms with Crippen molar-refractivity contribution in [3.63, 3.8) is 0 Å². The SMILES string of the molecule is C#CCN1C(=O)S/C(=C\c2cc(Cl)c(O[C@H](C)CC)c(OCC)c2)C1=O. The average molecular weight is 394 g/mol. The van der Waals surface area contributed by atoms with Gasteiger partial charge in [0.15, 0.2) is 11.5 Å². The number of thioether (sulfide) groups is 1. The lowest BCUT2D eigenvalue weighted by molar-refractivity contribution is -0.122. The van der Waals surface area contributed by atoms with E-state index in [9.17, 15) is 9.59 Å². The molecule has 1 atom stereocenters. The van der Waals surface area contributed by atoms with Crippen LogP contribution in [0.25, 0.3) is 6.08 Å². The number of hydrogen-bond donors (Lipinski definition) is 0. The molecule has 0 unspecified atom stereocenters. The van der Waals surface area contributed by atoms with Gasteiger partial charge in [-0.05, 0) is 55.8 Å². The Hall–Kier alpha value is -2.10. The molecule has 0 radical (unpaired) electrons. The van der Waals surface area contributed by atoms with Gasteiger partial charge in [0.05, 0.1) is 29.2 Å². The summed E-state index contributed by atoms with van der Waals surface area (Å²) in [6, 6.07) is 3.42. The van der Waals surface area contributed by atoms with Crippen LogP contribution in [-0.2, 0) is 4.79 Å². The minimum Gasteiger partial charge on any atom is -0.490 e. The van der Waals surface area contributed by atoms with Crippen LogP contribution in [0.15, 0.2) is 17.0 Å². The van der Waals surface area contributed by atoms with Crippen molar-refractivity contribution in [1.29, 1.82) is 0 Å². The Labute approximate surface area is 162 Å². The lowest BCUT2D eigenvalue weighted by atomic mass is 10.1. The normalized spacial score (nSPS) is 16.7. The Balaban J connectivity index is 2.37. The van der Waals surface area contributed by atoms with E-state index < -0.39 is 5.91 Å². The van der Waals surface area contributed by atoms with Gasteiger partial charge in [-0.2, -0.15) is 0 Å². The molecule has 1 heterocycles. The first-order valence-electron chi connectivity index (χ1n) is 8.23. The predicted octanol–water partition coefficient (Wildman–Crippen LogP) is 4.59. The number of nitrogens with zero attached hydrogens (tertiary/aromatic N) is 1. The largest absolute Gasteiger partial charge is 0.490 e. The minimum atomic E-state index is -0.410. The number of terminal acetylenes is 1. The molecule has 138 valence electrons. The van der Waals surface area contributed by atoms with Gasteiger partial charge in [0.25, 0.3) is 11.1 Å². The van der Waals surface area contributed by atoms with Crippen molar-refractivity contribution in [2.75, 3.05) is 13.2 Å². The fraction of sp³-hybridized carbons (Fsp3) is 0.368. The lowest BCUT2D eigenvalue weighted by Gasteiger charge is -2.18. The summed E-state index contributed by atoms with van der Waals surface area (Å²) < 4.78 is 11.5. The number of carbonyl (C=O) groups is 2. The van der Waals surface area contributed by atoms with Crippen molar-refractivity contribution < 1.29 is 19.1 Å². The predicted molar refractivity (Wildman–Crippen MR) is 105 cm³/mol. The highest BCUT2D eigenvalue weighted by molar-refractivity contribution is 8.18. The Morgan fingerprint density at radius 3 is 2.73 bits per heavy atom. The second kappa shape index (κ2) is 9.02. The summed E-state index contributed by atoms with van der Waals surface area (Å²) in [5.74, 6) is 2.86. The molecule has 0 aromatic heterocycles. The van der Waals surface area contributed by atoms with E-state index >= 15 is 0 Å². The summed E-state index contributed by atoms with van der Waals surface area (Å²) in [4.78, 5) is 25.5. The molecule has 1 saturated heterocycles. The molecule has 0 saturated carbocycles. The number of benzene rings is 1. The highest BCUT2D eigenvalue weighted by Crippen LogP contribution is 2.39. The van der Waals surface area contributed by atoms with Gasteiger partial charge >= 0.3 is 0 Å². The Bertz CT molecular complexity index is 784. The van der Waals surface area contributed by atoms with Crippen LogP contribution in [-0.4, -0.2) is 35.3 Å². The summed E-state index contributed by atoms with van der Waals surface area (Å²) in [5.41, 5.74) is 0.640. The van der Waals surface area contributed by atoms with Crippen LogP contribution in [0.1, 0.15) is 32.8 Å². The third-order valence-electron chi connectivity index (χ3n) is 3.65. The molecule has 2 rings (SSSR count). The second-order valence-corrected chi connectivity index (χ2v) is 6.97. The highest BCUT2D eigenvalue weighted by atomic mass is 35.5. The van der Waals surface area contributed by atoms with E-state index in [0.29, 0.717) is 33.6 Å². The van der Waals surface area contributed by atoms with Gasteiger partial charge in [-0.15, -0.1) is 6.42 Å². The molecule has 1 aliphatic heterocycles. The maximum atomic E-state index is 12.3. The van der Waals surface area contributed by atoms with Gasteiger partial charge in [0, 0.05) is 0 Å². The Morgan fingerprint density at radius 1 is 1.38 bits per heavy atom. The van der Waals surface area contributed by atoms with Crippen LogP contribution in [0.4, 0.5) is 4.79 Å². The van der Waals surface area contributed by atoms with Crippen molar-refractivity contribution in [2.24, 2.45) is 0 Å². The van der Waals surface area contributed by atoms with Crippen LogP contribution in [0.5, 0.6) is 11.5 Å². The zero-order chi connectivity index (χ0) is 19.3. The number of rotatable bonds is 7. The van der Waals surface area contributed by atoms with Crippen molar-refractivity contribution in [3.05, 3.63) is 27.6 Å². The number of imide groups is 1. The summed E-state index contributed by atoms with van der Waals surface area (Å²) in [6.45, 7) is 6.21. The first kappa shape index (κ1) is 20.2. The molecule has 1 aromatic rings. The number of ether oxygens (including phenoxy) is 2. The van der Waals surface area contributed by atoms with Crippen LogP contribution in [0.3, 0.4) is 0 Å². The number of halogens is 1. The average Bonchev–Trinajstić information content (AvgIpc) is 2.86. The molecule has 26 heavy (non-hydrogen) atoms. The Kier molecular flexibility index (Phi) is 7.01. The Morgan fingerprint density at radius 2 is 2.12 bits per heavy atom. The molecule has 0 spiro atoms. The van der Waals surface area contributed by atoms with Gasteiger partial charge in [0.1, 0.15) is 0 Å². The number of hydrogen-bond acceptors (Lipinski definition) is 5. The number of carbonyl (C=O) groups excluding carboxylic acids is 2. The standard InChI is InChI=1S/C19H20ClNO4S/c1-5-8-21-18(22)16(26-19(21)23)11-13-9-14(20)17(25-12(4)6-2)15(10-13)24-7-3/h1,9-12H,6-8H2,2-4H3/b16-11-/t12-/m1/s1. The molecule has 0 bridgehead atoms. The maximum Gasteiger partial charge on any atom is 0.294 e. The van der Waals surface area contributed by atoms with E-state index in [2.05, 4.69) is 5.92 Å². The zero-order valence-electron chi connectivity index (χ0n) is 14.9. The molecule has 2 amide bonds. The van der Waals surface area contributed by atoms with E-state index in [-0.39, 0.29) is 17.9 Å². The van der Waals surface area contributed by atoms with Crippen molar-refractivity contribution in [3.8, 4) is 23.8 Å². The molecule has 7 heteroatoms. The topological polar surface area (TPSA) is 55.8 Å². The van der Waals surface area contributed by atoms with Crippen LogP contribution in [0, 0.1) is 12.3 Å². The van der Waals surface area contributed by atoms with Crippen molar-refractivity contribution in [1.82, 2.24) is 4.90 Å². The first-order valence-corrected chi connectivity index (χ1v) is 9.42. The monoisotopic (exact) mass is 393 g/mol. The fourth-order valence-corrected chi connectivity index (χ4v) is 3.31. The first-order chi connectivity index (χ1) is 12.4. The third kappa shape index (κ3) is 4.54. The molecule has 1 fully saturated rings. The van der Waals surface area contributed by atoms with Crippen LogP contribution in [0.2, 0.25) is 5.02 Å². The lowest BCUT2D eigenvalue weighted by Crippen LogP contribution is -2.28. The molecule has 0 N–H and O–H groups in total. The van der Waals surface area contributed by atoms with Gasteiger partial charge in [0.2, 0.25) is 0 Å². The summed E-state index contributed by atoms with van der Waals surface area (Å²) in [7, 11) is 0. The zero-order valence-corrected chi connectivity index (χ0v) is 16.4. The van der Waals surface area contributed by atoms with Crippen molar-refractivity contribution in [2.45, 2.75) is 33.3 Å². The van der Waals surface area contributed by atoms with Gasteiger partial charge in [-0.1, -0.05) is 24.4 Å². The quantitative estimate of drug-likeness (QED) is 0.501. The summed E-state index contributed by atoms with van der Waals surface area (Å²) in [6.07, 6.45) is 7.61. The number of amides is 2. The van der Waals surface area contributed by atoms with E-state index in [1.165, 1.54) is 0 Å². The summed E-state index contributed by atoms with van der Waals surface area (Å²) >= 11 is 7.22. The summed E-state index contributed by atoms with van der Waals surface area (Å²) in [5, 5.41) is -0.00240. The van der Waals surface area contributed by atoms with Crippen LogP contribution < -0.4 is 9.47 Å². The van der Waals surface area contributed by atoms with E-state index in [4.69, 9.17) is 27.5 Å². The molecule has 1 aromatic carbocycles. The van der Waals surface area contributed by atoms with Gasteiger partial charge in [-0.3, -0.25) is 14.5 Å². The highest BCUT2D eigenvalue weighted by Gasteiger charge is 2.34. The molecule has 0 aliphatic carbocycles. The van der Waals surface area contributed by atoms with E-state index in [1.54, 1.807) is 18.2 Å². The smallest absolute Gasteiger partial charge is 0.294 e. The molecule has 5 nitrogen and oxygen atoms in total. The second-order valence-electron chi connectivity index (χ2n) is 5.57. The molecular formula is C19H20ClNO4S. The maximum absolute atomic E-state index is 12.3.